The van der Waals surface area contributed by atoms with Gasteiger partial charge in [0, 0.05) is 45.3 Å². The zero-order chi connectivity index (χ0) is 15.5. The molecule has 0 radical (unpaired) electrons. The molecule has 2 aliphatic heterocycles. The molecule has 1 aromatic heterocycles. The first-order chi connectivity index (χ1) is 10.7. The summed E-state index contributed by atoms with van der Waals surface area (Å²) >= 11 is 0. The number of ether oxygens (including phenoxy) is 1. The number of carbonyl (C=O) groups is 2. The number of likely N-dealkylation sites (tertiary alicyclic amines) is 1. The van der Waals surface area contributed by atoms with Gasteiger partial charge in [0.2, 0.25) is 5.76 Å². The highest BCUT2D eigenvalue weighted by atomic mass is 16.5. The molecule has 0 bridgehead atoms. The Hall–Kier alpha value is -1.86. The minimum Gasteiger partial charge on any atom is -0.463 e. The fraction of sp³-hybridized carbons (Fsp3) is 0.600. The molecule has 0 saturated carbocycles. The smallest absolute Gasteiger partial charge is 0.373 e. The summed E-state index contributed by atoms with van der Waals surface area (Å²) in [6.07, 6.45) is 0.982. The molecule has 1 aromatic rings. The lowest BCUT2D eigenvalue weighted by molar-refractivity contribution is 0.0559. The SMILES string of the molecule is COC(=O)c1ccc(C(=O)N2CCC(N3CCNCC3)C2)o1. The highest BCUT2D eigenvalue weighted by Crippen LogP contribution is 2.20. The van der Waals surface area contributed by atoms with Crippen molar-refractivity contribution >= 4 is 11.9 Å². The van der Waals surface area contributed by atoms with Gasteiger partial charge >= 0.3 is 5.97 Å². The van der Waals surface area contributed by atoms with Crippen LogP contribution in [-0.2, 0) is 4.74 Å². The van der Waals surface area contributed by atoms with Crippen LogP contribution in [0.15, 0.2) is 16.5 Å². The van der Waals surface area contributed by atoms with Crippen molar-refractivity contribution in [2.75, 3.05) is 46.4 Å². The van der Waals surface area contributed by atoms with Crippen molar-refractivity contribution in [1.29, 1.82) is 0 Å². The van der Waals surface area contributed by atoms with Crippen molar-refractivity contribution in [3.63, 3.8) is 0 Å². The third-order valence-electron chi connectivity index (χ3n) is 4.32. The molecule has 3 heterocycles. The summed E-state index contributed by atoms with van der Waals surface area (Å²) in [5.74, 6) is -0.475. The van der Waals surface area contributed by atoms with E-state index in [1.165, 1.54) is 19.2 Å². The van der Waals surface area contributed by atoms with Crippen molar-refractivity contribution in [3.05, 3.63) is 23.7 Å². The Morgan fingerprint density at radius 3 is 2.68 bits per heavy atom. The van der Waals surface area contributed by atoms with Crippen molar-refractivity contribution in [2.45, 2.75) is 12.5 Å². The van der Waals surface area contributed by atoms with Crippen LogP contribution in [0.25, 0.3) is 0 Å². The van der Waals surface area contributed by atoms with Gasteiger partial charge in [0.1, 0.15) is 0 Å². The lowest BCUT2D eigenvalue weighted by atomic mass is 10.2. The van der Waals surface area contributed by atoms with Gasteiger partial charge in [-0.3, -0.25) is 9.69 Å². The Morgan fingerprint density at radius 1 is 1.23 bits per heavy atom. The third-order valence-corrected chi connectivity index (χ3v) is 4.32. The summed E-state index contributed by atoms with van der Waals surface area (Å²) in [6.45, 7) is 5.50. The number of carbonyl (C=O) groups excluding carboxylic acids is 2. The Labute approximate surface area is 129 Å². The van der Waals surface area contributed by atoms with E-state index in [1.54, 1.807) is 4.90 Å². The molecular weight excluding hydrogens is 286 g/mol. The van der Waals surface area contributed by atoms with Gasteiger partial charge < -0.3 is 19.4 Å². The number of hydrogen-bond acceptors (Lipinski definition) is 6. The van der Waals surface area contributed by atoms with E-state index in [-0.39, 0.29) is 17.4 Å². The van der Waals surface area contributed by atoms with E-state index in [4.69, 9.17) is 4.42 Å². The molecule has 7 nitrogen and oxygen atoms in total. The second-order valence-electron chi connectivity index (χ2n) is 5.64. The maximum Gasteiger partial charge on any atom is 0.373 e. The predicted molar refractivity (Wildman–Crippen MR) is 78.8 cm³/mol. The van der Waals surface area contributed by atoms with Gasteiger partial charge in [0.25, 0.3) is 5.91 Å². The zero-order valence-electron chi connectivity index (χ0n) is 12.7. The lowest BCUT2D eigenvalue weighted by Crippen LogP contribution is -2.49. The Morgan fingerprint density at radius 2 is 1.95 bits per heavy atom. The van der Waals surface area contributed by atoms with E-state index < -0.39 is 5.97 Å². The molecule has 0 spiro atoms. The molecule has 7 heteroatoms. The molecule has 3 rings (SSSR count). The van der Waals surface area contributed by atoms with Crippen LogP contribution in [0.1, 0.15) is 27.5 Å². The zero-order valence-corrected chi connectivity index (χ0v) is 12.7. The predicted octanol–water partition coefficient (Wildman–Crippen LogP) is 0.186. The van der Waals surface area contributed by atoms with Crippen LogP contribution < -0.4 is 5.32 Å². The minimum absolute atomic E-state index is 0.0590. The van der Waals surface area contributed by atoms with Crippen molar-refractivity contribution < 1.29 is 18.7 Å². The van der Waals surface area contributed by atoms with E-state index in [1.807, 2.05) is 0 Å². The van der Waals surface area contributed by atoms with Crippen LogP contribution in [-0.4, -0.2) is 74.1 Å². The summed E-state index contributed by atoms with van der Waals surface area (Å²) in [6, 6.07) is 3.43. The maximum atomic E-state index is 12.4. The van der Waals surface area contributed by atoms with E-state index in [0.717, 1.165) is 39.1 Å². The standard InChI is InChI=1S/C15H21N3O4/c1-21-15(20)13-3-2-12(22-13)14(19)18-7-4-11(10-18)17-8-5-16-6-9-17/h2-3,11,16H,4-10H2,1H3. The number of methoxy groups -OCH3 is 1. The number of furan rings is 1. The average molecular weight is 307 g/mol. The van der Waals surface area contributed by atoms with E-state index in [9.17, 15) is 9.59 Å². The molecule has 120 valence electrons. The minimum atomic E-state index is -0.570. The van der Waals surface area contributed by atoms with Crippen LogP contribution in [0.3, 0.4) is 0 Å². The third kappa shape index (κ3) is 3.00. The molecule has 2 aliphatic rings. The van der Waals surface area contributed by atoms with Crippen molar-refractivity contribution in [2.24, 2.45) is 0 Å². The van der Waals surface area contributed by atoms with Crippen LogP contribution in [0.4, 0.5) is 0 Å². The molecular formula is C15H21N3O4. The maximum absolute atomic E-state index is 12.4. The molecule has 22 heavy (non-hydrogen) atoms. The van der Waals surface area contributed by atoms with E-state index in [2.05, 4.69) is 15.0 Å². The number of piperazine rings is 1. The Bertz CT molecular complexity index is 551. The molecule has 2 fully saturated rings. The number of nitrogens with zero attached hydrogens (tertiary/aromatic N) is 2. The molecule has 0 aliphatic carbocycles. The highest BCUT2D eigenvalue weighted by Gasteiger charge is 2.32. The van der Waals surface area contributed by atoms with E-state index >= 15 is 0 Å². The summed E-state index contributed by atoms with van der Waals surface area (Å²) in [4.78, 5) is 28.1. The molecule has 1 amide bonds. The van der Waals surface area contributed by atoms with Gasteiger partial charge in [0.05, 0.1) is 7.11 Å². The Balaban J connectivity index is 1.61. The second-order valence-corrected chi connectivity index (χ2v) is 5.64. The monoisotopic (exact) mass is 307 g/mol. The molecule has 2 saturated heterocycles. The van der Waals surface area contributed by atoms with Gasteiger partial charge in [-0.25, -0.2) is 4.79 Å². The van der Waals surface area contributed by atoms with Crippen molar-refractivity contribution in [3.8, 4) is 0 Å². The van der Waals surface area contributed by atoms with Gasteiger partial charge in [-0.1, -0.05) is 0 Å². The Kier molecular flexibility index (Phi) is 4.44. The molecule has 1 N–H and O–H groups in total. The molecule has 1 unspecified atom stereocenters. The first-order valence-electron chi connectivity index (χ1n) is 7.61. The summed E-state index contributed by atoms with van der Waals surface area (Å²) in [7, 11) is 1.28. The molecule has 0 aromatic carbocycles. The fourth-order valence-corrected chi connectivity index (χ4v) is 3.09. The summed E-state index contributed by atoms with van der Waals surface area (Å²) in [5.41, 5.74) is 0. The average Bonchev–Trinajstić information content (AvgIpc) is 3.24. The van der Waals surface area contributed by atoms with Crippen LogP contribution in [0.5, 0.6) is 0 Å². The number of rotatable bonds is 3. The molecule has 1 atom stereocenters. The number of nitrogens with one attached hydrogen (secondary N) is 1. The first-order valence-corrected chi connectivity index (χ1v) is 7.61. The quantitative estimate of drug-likeness (QED) is 0.803. The summed E-state index contributed by atoms with van der Waals surface area (Å²) < 4.78 is 9.88. The lowest BCUT2D eigenvalue weighted by Gasteiger charge is -2.32. The highest BCUT2D eigenvalue weighted by molar-refractivity contribution is 5.94. The van der Waals surface area contributed by atoms with Crippen LogP contribution in [0.2, 0.25) is 0 Å². The van der Waals surface area contributed by atoms with Gasteiger partial charge in [0.15, 0.2) is 5.76 Å². The number of amides is 1. The largest absolute Gasteiger partial charge is 0.463 e. The van der Waals surface area contributed by atoms with Crippen molar-refractivity contribution in [1.82, 2.24) is 15.1 Å². The number of hydrogen-bond donors (Lipinski definition) is 1. The second kappa shape index (κ2) is 6.50. The van der Waals surface area contributed by atoms with Crippen LogP contribution in [0, 0.1) is 0 Å². The van der Waals surface area contributed by atoms with Gasteiger partial charge in [-0.2, -0.15) is 0 Å². The topological polar surface area (TPSA) is 75.0 Å². The first kappa shape index (κ1) is 15.1. The number of esters is 1. The van der Waals surface area contributed by atoms with E-state index in [0.29, 0.717) is 12.6 Å². The summed E-state index contributed by atoms with van der Waals surface area (Å²) in [5, 5.41) is 3.34. The fourth-order valence-electron chi connectivity index (χ4n) is 3.09. The van der Waals surface area contributed by atoms with Crippen LogP contribution >= 0.6 is 0 Å². The van der Waals surface area contributed by atoms with Gasteiger partial charge in [-0.05, 0) is 18.6 Å². The normalized spacial score (nSPS) is 22.8. The van der Waals surface area contributed by atoms with Gasteiger partial charge in [-0.15, -0.1) is 0 Å².